The van der Waals surface area contributed by atoms with Gasteiger partial charge in [-0.1, -0.05) is 29.5 Å². The normalized spacial score (nSPS) is 16.0. The van der Waals surface area contributed by atoms with Gasteiger partial charge in [0.15, 0.2) is 0 Å². The molecule has 22 heavy (non-hydrogen) atoms. The zero-order valence-electron chi connectivity index (χ0n) is 12.4. The maximum Gasteiger partial charge on any atom is 0.244 e. The first-order chi connectivity index (χ1) is 10.6. The molecule has 1 aliphatic heterocycles. The first-order valence-electron chi connectivity index (χ1n) is 7.26. The number of nitrogens with zero attached hydrogens (tertiary/aromatic N) is 2. The molecule has 0 N–H and O–H groups in total. The number of rotatable bonds is 4. The van der Waals surface area contributed by atoms with Crippen LogP contribution in [0.2, 0.25) is 0 Å². The molecule has 0 bridgehead atoms. The van der Waals surface area contributed by atoms with Gasteiger partial charge in [-0.3, -0.25) is 0 Å². The van der Waals surface area contributed by atoms with Crippen molar-refractivity contribution in [1.82, 2.24) is 9.29 Å². The zero-order chi connectivity index (χ0) is 15.6. The van der Waals surface area contributed by atoms with Crippen molar-refractivity contribution in [3.8, 4) is 0 Å². The lowest BCUT2D eigenvalue weighted by atomic mass is 10.2. The molecule has 116 valence electrons. The van der Waals surface area contributed by atoms with Gasteiger partial charge in [-0.05, 0) is 44.0 Å². The van der Waals surface area contributed by atoms with Crippen LogP contribution in [0.5, 0.6) is 0 Å². The molecule has 0 aliphatic carbocycles. The van der Waals surface area contributed by atoms with E-state index in [1.54, 1.807) is 12.1 Å². The summed E-state index contributed by atoms with van der Waals surface area (Å²) in [6.45, 7) is 3.27. The molecule has 2 heterocycles. The number of hydrogen-bond acceptors (Lipinski definition) is 4. The van der Waals surface area contributed by atoms with Gasteiger partial charge in [0.25, 0.3) is 0 Å². The summed E-state index contributed by atoms with van der Waals surface area (Å²) in [7, 11) is -3.37. The molecule has 0 amide bonds. The highest BCUT2D eigenvalue weighted by Crippen LogP contribution is 2.27. The van der Waals surface area contributed by atoms with E-state index in [-0.39, 0.29) is 4.90 Å². The molecule has 4 nitrogen and oxygen atoms in total. The standard InChI is InChI=1S/C16H18N2O2S2/c1-13-4-6-14(7-5-13)21-16-9-8-15(12-17-16)22(19,20)18-10-2-3-11-18/h4-9,12H,2-3,10-11H2,1H3. The average molecular weight is 334 g/mol. The van der Waals surface area contributed by atoms with Crippen molar-refractivity contribution in [2.45, 2.75) is 34.6 Å². The van der Waals surface area contributed by atoms with E-state index in [1.807, 2.05) is 19.1 Å². The van der Waals surface area contributed by atoms with Crippen molar-refractivity contribution >= 4 is 21.8 Å². The van der Waals surface area contributed by atoms with E-state index in [4.69, 9.17) is 0 Å². The number of pyridine rings is 1. The highest BCUT2D eigenvalue weighted by Gasteiger charge is 2.27. The molecule has 0 saturated carbocycles. The maximum absolute atomic E-state index is 12.4. The Hall–Kier alpha value is -1.37. The van der Waals surface area contributed by atoms with Crippen LogP contribution in [0.3, 0.4) is 0 Å². The monoisotopic (exact) mass is 334 g/mol. The van der Waals surface area contributed by atoms with E-state index in [0.29, 0.717) is 13.1 Å². The number of benzene rings is 1. The van der Waals surface area contributed by atoms with Crippen LogP contribution >= 0.6 is 11.8 Å². The van der Waals surface area contributed by atoms with E-state index in [9.17, 15) is 8.42 Å². The molecule has 0 spiro atoms. The summed E-state index contributed by atoms with van der Waals surface area (Å²) in [6.07, 6.45) is 3.34. The predicted molar refractivity (Wildman–Crippen MR) is 87.5 cm³/mol. The van der Waals surface area contributed by atoms with Gasteiger partial charge >= 0.3 is 0 Å². The molecular weight excluding hydrogens is 316 g/mol. The Morgan fingerprint density at radius 1 is 1.05 bits per heavy atom. The van der Waals surface area contributed by atoms with E-state index >= 15 is 0 Å². The second kappa shape index (κ2) is 6.40. The van der Waals surface area contributed by atoms with Crippen molar-refractivity contribution in [2.24, 2.45) is 0 Å². The van der Waals surface area contributed by atoms with Gasteiger partial charge in [0.05, 0.1) is 0 Å². The van der Waals surface area contributed by atoms with Gasteiger partial charge in [-0.15, -0.1) is 0 Å². The fourth-order valence-electron chi connectivity index (χ4n) is 2.38. The SMILES string of the molecule is Cc1ccc(Sc2ccc(S(=O)(=O)N3CCCC3)cn2)cc1. The lowest BCUT2D eigenvalue weighted by Gasteiger charge is -2.15. The van der Waals surface area contributed by atoms with Crippen LogP contribution in [0.15, 0.2) is 57.4 Å². The van der Waals surface area contributed by atoms with Crippen LogP contribution < -0.4 is 0 Å². The number of aryl methyl sites for hydroxylation is 1. The third-order valence-electron chi connectivity index (χ3n) is 3.66. The summed E-state index contributed by atoms with van der Waals surface area (Å²) in [5.74, 6) is 0. The molecule has 1 aromatic carbocycles. The quantitative estimate of drug-likeness (QED) is 0.860. The Bertz CT molecular complexity index is 735. The summed E-state index contributed by atoms with van der Waals surface area (Å²) >= 11 is 1.53. The fraction of sp³-hybridized carbons (Fsp3) is 0.312. The maximum atomic E-state index is 12.4. The molecular formula is C16H18N2O2S2. The third-order valence-corrected chi connectivity index (χ3v) is 6.50. The van der Waals surface area contributed by atoms with Crippen molar-refractivity contribution in [3.63, 3.8) is 0 Å². The van der Waals surface area contributed by atoms with Gasteiger partial charge in [-0.25, -0.2) is 13.4 Å². The minimum absolute atomic E-state index is 0.280. The molecule has 1 aliphatic rings. The Balaban J connectivity index is 1.76. The lowest BCUT2D eigenvalue weighted by Crippen LogP contribution is -2.27. The summed E-state index contributed by atoms with van der Waals surface area (Å²) in [5, 5.41) is 0.796. The van der Waals surface area contributed by atoms with Crippen molar-refractivity contribution < 1.29 is 8.42 Å². The number of sulfonamides is 1. The molecule has 0 radical (unpaired) electrons. The summed E-state index contributed by atoms with van der Waals surface area (Å²) in [6, 6.07) is 11.6. The summed E-state index contributed by atoms with van der Waals surface area (Å²) in [5.41, 5.74) is 1.21. The zero-order valence-corrected chi connectivity index (χ0v) is 14.0. The van der Waals surface area contributed by atoms with Gasteiger partial charge in [0.2, 0.25) is 10.0 Å². The highest BCUT2D eigenvalue weighted by atomic mass is 32.2. The molecule has 6 heteroatoms. The van der Waals surface area contributed by atoms with Crippen molar-refractivity contribution in [1.29, 1.82) is 0 Å². The largest absolute Gasteiger partial charge is 0.248 e. The van der Waals surface area contributed by atoms with Gasteiger partial charge < -0.3 is 0 Å². The van der Waals surface area contributed by atoms with Crippen LogP contribution in [0.25, 0.3) is 0 Å². The van der Waals surface area contributed by atoms with Crippen LogP contribution in [-0.4, -0.2) is 30.8 Å². The predicted octanol–water partition coefficient (Wildman–Crippen LogP) is 3.33. The van der Waals surface area contributed by atoms with Crippen LogP contribution in [-0.2, 0) is 10.0 Å². The topological polar surface area (TPSA) is 50.3 Å². The smallest absolute Gasteiger partial charge is 0.244 e. The number of hydrogen-bond donors (Lipinski definition) is 0. The molecule has 1 aromatic heterocycles. The lowest BCUT2D eigenvalue weighted by molar-refractivity contribution is 0.477. The Morgan fingerprint density at radius 3 is 2.32 bits per heavy atom. The Kier molecular flexibility index (Phi) is 4.52. The molecule has 0 atom stereocenters. The summed E-state index contributed by atoms with van der Waals surface area (Å²) < 4.78 is 26.4. The third kappa shape index (κ3) is 3.34. The molecule has 3 rings (SSSR count). The number of aromatic nitrogens is 1. The minimum Gasteiger partial charge on any atom is -0.248 e. The molecule has 1 fully saturated rings. The highest BCUT2D eigenvalue weighted by molar-refractivity contribution is 7.99. The van der Waals surface area contributed by atoms with Crippen molar-refractivity contribution in [2.75, 3.05) is 13.1 Å². The van der Waals surface area contributed by atoms with E-state index < -0.39 is 10.0 Å². The van der Waals surface area contributed by atoms with Gasteiger partial charge in [-0.2, -0.15) is 4.31 Å². The van der Waals surface area contributed by atoms with Crippen LogP contribution in [0.1, 0.15) is 18.4 Å². The van der Waals surface area contributed by atoms with Gasteiger partial charge in [0.1, 0.15) is 9.92 Å². The van der Waals surface area contributed by atoms with Crippen LogP contribution in [0, 0.1) is 6.92 Å². The van der Waals surface area contributed by atoms with Crippen LogP contribution in [0.4, 0.5) is 0 Å². The van der Waals surface area contributed by atoms with E-state index in [2.05, 4.69) is 17.1 Å². The molecule has 2 aromatic rings. The average Bonchev–Trinajstić information content (AvgIpc) is 3.05. The Labute approximate surface area is 135 Å². The van der Waals surface area contributed by atoms with Gasteiger partial charge in [0, 0.05) is 24.2 Å². The Morgan fingerprint density at radius 2 is 1.73 bits per heavy atom. The second-order valence-electron chi connectivity index (χ2n) is 5.36. The van der Waals surface area contributed by atoms with E-state index in [0.717, 1.165) is 22.8 Å². The molecule has 0 unspecified atom stereocenters. The first-order valence-corrected chi connectivity index (χ1v) is 9.52. The van der Waals surface area contributed by atoms with Crippen molar-refractivity contribution in [3.05, 3.63) is 48.2 Å². The van der Waals surface area contributed by atoms with E-state index in [1.165, 1.54) is 27.8 Å². The summed E-state index contributed by atoms with van der Waals surface area (Å²) in [4.78, 5) is 5.66. The minimum atomic E-state index is -3.37. The molecule has 1 saturated heterocycles. The fourth-order valence-corrected chi connectivity index (χ4v) is 4.60. The first kappa shape index (κ1) is 15.5. The second-order valence-corrected chi connectivity index (χ2v) is 8.39.